The summed E-state index contributed by atoms with van der Waals surface area (Å²) in [6.07, 6.45) is 0.140. The van der Waals surface area contributed by atoms with Gasteiger partial charge >= 0.3 is 6.03 Å². The van der Waals surface area contributed by atoms with Crippen molar-refractivity contribution in [3.63, 3.8) is 0 Å². The Labute approximate surface area is 158 Å². The van der Waals surface area contributed by atoms with Crippen molar-refractivity contribution < 1.29 is 14.3 Å². The van der Waals surface area contributed by atoms with Crippen molar-refractivity contribution in [3.8, 4) is 0 Å². The summed E-state index contributed by atoms with van der Waals surface area (Å²) in [7, 11) is 0. The van der Waals surface area contributed by atoms with Crippen LogP contribution in [0.15, 0.2) is 0 Å². The lowest BCUT2D eigenvalue weighted by Gasteiger charge is -2.34. The molecule has 0 unspecified atom stereocenters. The van der Waals surface area contributed by atoms with Gasteiger partial charge in [0.25, 0.3) is 0 Å². The molecule has 152 valence electrons. The number of hydrogen-bond acceptors (Lipinski definition) is 5. The quantitative estimate of drug-likeness (QED) is 0.667. The highest BCUT2D eigenvalue weighted by molar-refractivity contribution is 5.73. The number of amides is 2. The van der Waals surface area contributed by atoms with Crippen LogP contribution in [0.2, 0.25) is 0 Å². The molecule has 0 aromatic carbocycles. The third kappa shape index (κ3) is 8.20. The number of hydrogen-bond donors (Lipinski definition) is 2. The van der Waals surface area contributed by atoms with Gasteiger partial charge in [0.15, 0.2) is 0 Å². The van der Waals surface area contributed by atoms with Gasteiger partial charge in [0, 0.05) is 52.4 Å². The monoisotopic (exact) mass is 370 g/mol. The summed E-state index contributed by atoms with van der Waals surface area (Å²) in [6, 6.07) is -0.140. The van der Waals surface area contributed by atoms with Gasteiger partial charge < -0.3 is 20.1 Å². The van der Waals surface area contributed by atoms with Crippen LogP contribution in [0.25, 0.3) is 0 Å². The first-order valence-corrected chi connectivity index (χ1v) is 10.1. The Bertz CT molecular complexity index is 384. The average Bonchev–Trinajstić information content (AvgIpc) is 2.58. The third-order valence-electron chi connectivity index (χ3n) is 4.67. The molecule has 7 heteroatoms. The second-order valence-corrected chi connectivity index (χ2v) is 8.38. The molecule has 2 aliphatic rings. The van der Waals surface area contributed by atoms with Gasteiger partial charge in [-0.1, -0.05) is 27.7 Å². The summed E-state index contributed by atoms with van der Waals surface area (Å²) >= 11 is 0. The number of morpholine rings is 2. The zero-order valence-electron chi connectivity index (χ0n) is 17.0. The first-order chi connectivity index (χ1) is 12.4. The summed E-state index contributed by atoms with van der Waals surface area (Å²) in [5.74, 6) is 1.30. The zero-order chi connectivity index (χ0) is 18.9. The Morgan fingerprint density at radius 2 is 1.31 bits per heavy atom. The number of nitrogens with one attached hydrogen (secondary N) is 2. The predicted molar refractivity (Wildman–Crippen MR) is 103 cm³/mol. The molecule has 0 bridgehead atoms. The highest BCUT2D eigenvalue weighted by atomic mass is 16.5. The highest BCUT2D eigenvalue weighted by Crippen LogP contribution is 2.08. The average molecular weight is 371 g/mol. The Kier molecular flexibility index (Phi) is 9.11. The van der Waals surface area contributed by atoms with E-state index in [2.05, 4.69) is 48.1 Å². The van der Waals surface area contributed by atoms with Gasteiger partial charge in [0.05, 0.1) is 25.4 Å². The number of urea groups is 1. The van der Waals surface area contributed by atoms with Crippen molar-refractivity contribution in [1.29, 1.82) is 0 Å². The molecule has 0 aliphatic carbocycles. The fraction of sp³-hybridized carbons (Fsp3) is 0.947. The first kappa shape index (κ1) is 21.4. The van der Waals surface area contributed by atoms with E-state index in [9.17, 15) is 4.79 Å². The lowest BCUT2D eigenvalue weighted by atomic mass is 10.2. The second-order valence-electron chi connectivity index (χ2n) is 8.38. The van der Waals surface area contributed by atoms with E-state index in [1.165, 1.54) is 0 Å². The molecule has 0 saturated carbocycles. The lowest BCUT2D eigenvalue weighted by molar-refractivity contribution is -0.0310. The van der Waals surface area contributed by atoms with Crippen molar-refractivity contribution in [2.24, 2.45) is 11.8 Å². The standard InChI is InChI=1S/C19H38N4O3/c1-15(2)11-22-5-7-25-17(13-22)9-20-19(24)21-10-18-14-23(6-8-26-18)12-16(3)4/h15-18H,5-14H2,1-4H3,(H2,20,21,24)/t17-,18+. The van der Waals surface area contributed by atoms with Gasteiger partial charge in [-0.2, -0.15) is 0 Å². The number of nitrogens with zero attached hydrogens (tertiary/aromatic N) is 2. The molecular weight excluding hydrogens is 332 g/mol. The van der Waals surface area contributed by atoms with E-state index in [0.29, 0.717) is 24.9 Å². The van der Waals surface area contributed by atoms with Crippen LogP contribution in [-0.2, 0) is 9.47 Å². The van der Waals surface area contributed by atoms with E-state index in [0.717, 1.165) is 52.5 Å². The summed E-state index contributed by atoms with van der Waals surface area (Å²) in [5, 5.41) is 5.88. The van der Waals surface area contributed by atoms with Crippen LogP contribution in [0.1, 0.15) is 27.7 Å². The normalized spacial score (nSPS) is 25.6. The molecule has 0 aromatic heterocycles. The maximum absolute atomic E-state index is 12.1. The molecule has 2 heterocycles. The van der Waals surface area contributed by atoms with Crippen molar-refractivity contribution in [2.75, 3.05) is 65.6 Å². The number of carbonyl (C=O) groups is 1. The van der Waals surface area contributed by atoms with E-state index in [1.807, 2.05) is 0 Å². The number of carbonyl (C=O) groups excluding carboxylic acids is 1. The Hall–Kier alpha value is -0.890. The molecular formula is C19H38N4O3. The molecule has 26 heavy (non-hydrogen) atoms. The minimum atomic E-state index is -0.140. The summed E-state index contributed by atoms with van der Waals surface area (Å²) < 4.78 is 11.5. The van der Waals surface area contributed by atoms with Crippen LogP contribution in [0.4, 0.5) is 4.79 Å². The zero-order valence-corrected chi connectivity index (χ0v) is 17.0. The summed E-state index contributed by atoms with van der Waals surface area (Å²) in [6.45, 7) is 17.4. The molecule has 2 N–H and O–H groups in total. The van der Waals surface area contributed by atoms with Crippen LogP contribution in [0.5, 0.6) is 0 Å². The second kappa shape index (κ2) is 11.1. The van der Waals surface area contributed by atoms with Crippen LogP contribution in [0, 0.1) is 11.8 Å². The molecule has 2 atom stereocenters. The Balaban J connectivity index is 1.61. The fourth-order valence-corrected chi connectivity index (χ4v) is 3.65. The lowest BCUT2D eigenvalue weighted by Crippen LogP contribution is -2.52. The molecule has 7 nitrogen and oxygen atoms in total. The van der Waals surface area contributed by atoms with Crippen LogP contribution >= 0.6 is 0 Å². The highest BCUT2D eigenvalue weighted by Gasteiger charge is 2.23. The molecule has 2 aliphatic heterocycles. The van der Waals surface area contributed by atoms with Gasteiger partial charge in [-0.3, -0.25) is 9.80 Å². The van der Waals surface area contributed by atoms with E-state index in [-0.39, 0.29) is 18.2 Å². The summed E-state index contributed by atoms with van der Waals surface area (Å²) in [5.41, 5.74) is 0. The van der Waals surface area contributed by atoms with Gasteiger partial charge in [-0.15, -0.1) is 0 Å². The first-order valence-electron chi connectivity index (χ1n) is 10.1. The van der Waals surface area contributed by atoms with E-state index >= 15 is 0 Å². The van der Waals surface area contributed by atoms with Crippen LogP contribution in [0.3, 0.4) is 0 Å². The molecule has 2 saturated heterocycles. The number of rotatable bonds is 8. The Morgan fingerprint density at radius 3 is 1.69 bits per heavy atom. The molecule has 2 fully saturated rings. The van der Waals surface area contributed by atoms with Crippen LogP contribution < -0.4 is 10.6 Å². The van der Waals surface area contributed by atoms with Crippen molar-refractivity contribution in [1.82, 2.24) is 20.4 Å². The molecule has 0 aromatic rings. The third-order valence-corrected chi connectivity index (χ3v) is 4.67. The van der Waals surface area contributed by atoms with Crippen LogP contribution in [-0.4, -0.2) is 93.6 Å². The topological polar surface area (TPSA) is 66.1 Å². The van der Waals surface area contributed by atoms with Gasteiger partial charge in [0.1, 0.15) is 0 Å². The van der Waals surface area contributed by atoms with Gasteiger partial charge in [0.2, 0.25) is 0 Å². The maximum atomic E-state index is 12.1. The van der Waals surface area contributed by atoms with Crippen molar-refractivity contribution in [3.05, 3.63) is 0 Å². The smallest absolute Gasteiger partial charge is 0.314 e. The summed E-state index contributed by atoms with van der Waals surface area (Å²) in [4.78, 5) is 16.9. The molecule has 2 rings (SSSR count). The maximum Gasteiger partial charge on any atom is 0.314 e. The largest absolute Gasteiger partial charge is 0.374 e. The Morgan fingerprint density at radius 1 is 0.885 bits per heavy atom. The van der Waals surface area contributed by atoms with Crippen molar-refractivity contribution >= 4 is 6.03 Å². The van der Waals surface area contributed by atoms with E-state index in [4.69, 9.17) is 9.47 Å². The molecule has 2 amide bonds. The molecule has 0 radical (unpaired) electrons. The fourth-order valence-electron chi connectivity index (χ4n) is 3.65. The van der Waals surface area contributed by atoms with Gasteiger partial charge in [-0.05, 0) is 11.8 Å². The van der Waals surface area contributed by atoms with Crippen molar-refractivity contribution in [2.45, 2.75) is 39.9 Å². The van der Waals surface area contributed by atoms with E-state index in [1.54, 1.807) is 0 Å². The minimum Gasteiger partial charge on any atom is -0.374 e. The molecule has 0 spiro atoms. The van der Waals surface area contributed by atoms with E-state index < -0.39 is 0 Å². The number of ether oxygens (including phenoxy) is 2. The predicted octanol–water partition coefficient (Wildman–Crippen LogP) is 0.999. The van der Waals surface area contributed by atoms with Gasteiger partial charge in [-0.25, -0.2) is 4.79 Å². The SMILES string of the molecule is CC(C)CN1CCO[C@H](CNC(=O)NC[C@H]2CN(CC(C)C)CCO2)C1. The minimum absolute atomic E-state index is 0.0701.